The molecule has 0 spiro atoms. The molecule has 0 fully saturated rings. The Balaban J connectivity index is 2.41. The lowest BCUT2D eigenvalue weighted by atomic mass is 10.0. The molecule has 5 nitrogen and oxygen atoms in total. The van der Waals surface area contributed by atoms with E-state index < -0.39 is 17.9 Å². The Hall–Kier alpha value is -1.88. The van der Waals surface area contributed by atoms with Crippen LogP contribution in [0.5, 0.6) is 0 Å². The van der Waals surface area contributed by atoms with Gasteiger partial charge >= 0.3 is 5.97 Å². The van der Waals surface area contributed by atoms with Gasteiger partial charge in [0.05, 0.1) is 12.5 Å². The van der Waals surface area contributed by atoms with E-state index in [-0.39, 0.29) is 12.3 Å². The average Bonchev–Trinajstić information content (AvgIpc) is 2.35. The molecule has 1 aromatic carbocycles. The van der Waals surface area contributed by atoms with Crippen LogP contribution in [0.25, 0.3) is 0 Å². The number of carboxylic acid groups (broad SMARTS) is 1. The van der Waals surface area contributed by atoms with Crippen molar-refractivity contribution < 1.29 is 14.7 Å². The third-order valence-corrected chi connectivity index (χ3v) is 2.68. The minimum Gasteiger partial charge on any atom is -0.481 e. The second-order valence-electron chi connectivity index (χ2n) is 4.26. The zero-order valence-corrected chi connectivity index (χ0v) is 10.3. The minimum atomic E-state index is -1.08. The standard InChI is InChI=1S/C13H18N2O3/c1-9(10-5-3-2-4-6-10)8-15-13(18)11(14)7-12(16)17/h2-6,9,11H,7-8,14H2,1H3,(H,15,18)(H,16,17). The molecule has 2 unspecified atom stereocenters. The summed E-state index contributed by atoms with van der Waals surface area (Å²) in [6, 6.07) is 8.76. The second-order valence-corrected chi connectivity index (χ2v) is 4.26. The molecule has 0 radical (unpaired) electrons. The van der Waals surface area contributed by atoms with Crippen molar-refractivity contribution in [1.82, 2.24) is 5.32 Å². The zero-order valence-electron chi connectivity index (χ0n) is 10.3. The number of benzene rings is 1. The molecule has 98 valence electrons. The summed E-state index contributed by atoms with van der Waals surface area (Å²) in [6.07, 6.45) is -0.356. The van der Waals surface area contributed by atoms with Gasteiger partial charge in [-0.25, -0.2) is 0 Å². The zero-order chi connectivity index (χ0) is 13.5. The highest BCUT2D eigenvalue weighted by atomic mass is 16.4. The highest BCUT2D eigenvalue weighted by molar-refractivity contribution is 5.85. The first-order valence-electron chi connectivity index (χ1n) is 5.80. The van der Waals surface area contributed by atoms with E-state index in [2.05, 4.69) is 5.32 Å². The minimum absolute atomic E-state index is 0.159. The monoisotopic (exact) mass is 250 g/mol. The van der Waals surface area contributed by atoms with Crippen LogP contribution in [-0.4, -0.2) is 29.6 Å². The Bertz CT molecular complexity index is 406. The van der Waals surface area contributed by atoms with Gasteiger partial charge in [0.25, 0.3) is 0 Å². The van der Waals surface area contributed by atoms with E-state index in [1.54, 1.807) is 0 Å². The summed E-state index contributed by atoms with van der Waals surface area (Å²) in [5.41, 5.74) is 6.57. The Morgan fingerprint density at radius 1 is 1.33 bits per heavy atom. The van der Waals surface area contributed by atoms with Crippen LogP contribution in [0.4, 0.5) is 0 Å². The van der Waals surface area contributed by atoms with Crippen LogP contribution < -0.4 is 11.1 Å². The summed E-state index contributed by atoms with van der Waals surface area (Å²) in [7, 11) is 0. The second kappa shape index (κ2) is 6.76. The molecule has 0 saturated carbocycles. The third-order valence-electron chi connectivity index (χ3n) is 2.68. The first kappa shape index (κ1) is 14.2. The number of nitrogens with one attached hydrogen (secondary N) is 1. The predicted octanol–water partition coefficient (Wildman–Crippen LogP) is 0.708. The summed E-state index contributed by atoms with van der Waals surface area (Å²) in [5, 5.41) is 11.2. The van der Waals surface area contributed by atoms with Gasteiger partial charge in [-0.05, 0) is 11.5 Å². The van der Waals surface area contributed by atoms with Crippen molar-refractivity contribution in [3.63, 3.8) is 0 Å². The Labute approximate surface area is 106 Å². The van der Waals surface area contributed by atoms with Gasteiger partial charge in [0, 0.05) is 6.54 Å². The van der Waals surface area contributed by atoms with E-state index in [4.69, 9.17) is 10.8 Å². The number of aliphatic carboxylic acids is 1. The van der Waals surface area contributed by atoms with Crippen molar-refractivity contribution >= 4 is 11.9 Å². The topological polar surface area (TPSA) is 92.4 Å². The number of carbonyl (C=O) groups is 2. The molecule has 0 aliphatic rings. The number of carbonyl (C=O) groups excluding carboxylic acids is 1. The summed E-state index contributed by atoms with van der Waals surface area (Å²) >= 11 is 0. The van der Waals surface area contributed by atoms with Crippen LogP contribution in [0, 0.1) is 0 Å². The number of amides is 1. The van der Waals surface area contributed by atoms with Crippen LogP contribution >= 0.6 is 0 Å². The van der Waals surface area contributed by atoms with Gasteiger partial charge in [-0.15, -0.1) is 0 Å². The van der Waals surface area contributed by atoms with E-state index in [1.165, 1.54) is 0 Å². The van der Waals surface area contributed by atoms with E-state index in [0.29, 0.717) is 6.54 Å². The van der Waals surface area contributed by atoms with Crippen molar-refractivity contribution in [3.05, 3.63) is 35.9 Å². The number of nitrogens with two attached hydrogens (primary N) is 1. The quantitative estimate of drug-likeness (QED) is 0.693. The Morgan fingerprint density at radius 2 is 1.94 bits per heavy atom. The number of hydrogen-bond donors (Lipinski definition) is 3. The SMILES string of the molecule is CC(CNC(=O)C(N)CC(=O)O)c1ccccc1. The maximum atomic E-state index is 11.5. The summed E-state index contributed by atoms with van der Waals surface area (Å²) < 4.78 is 0. The highest BCUT2D eigenvalue weighted by Crippen LogP contribution is 2.12. The molecule has 1 aromatic rings. The van der Waals surface area contributed by atoms with E-state index >= 15 is 0 Å². The molecule has 4 N–H and O–H groups in total. The summed E-state index contributed by atoms with van der Waals surface area (Å²) in [6.45, 7) is 2.43. The predicted molar refractivity (Wildman–Crippen MR) is 68.1 cm³/mol. The van der Waals surface area contributed by atoms with Crippen LogP contribution in [-0.2, 0) is 9.59 Å². The molecule has 0 aromatic heterocycles. The van der Waals surface area contributed by atoms with Gasteiger partial charge in [0.15, 0.2) is 0 Å². The van der Waals surface area contributed by atoms with Crippen LogP contribution in [0.2, 0.25) is 0 Å². The lowest BCUT2D eigenvalue weighted by molar-refractivity contribution is -0.139. The average molecular weight is 250 g/mol. The number of rotatable bonds is 6. The number of hydrogen-bond acceptors (Lipinski definition) is 3. The molecule has 0 bridgehead atoms. The normalized spacial score (nSPS) is 13.7. The van der Waals surface area contributed by atoms with Crippen molar-refractivity contribution in [2.45, 2.75) is 25.3 Å². The fourth-order valence-corrected chi connectivity index (χ4v) is 1.57. The summed E-state index contributed by atoms with van der Waals surface area (Å²) in [4.78, 5) is 21.9. The van der Waals surface area contributed by atoms with Gasteiger partial charge < -0.3 is 16.2 Å². The van der Waals surface area contributed by atoms with Gasteiger partial charge in [0.2, 0.25) is 5.91 Å². The lowest BCUT2D eigenvalue weighted by Crippen LogP contribution is -2.43. The van der Waals surface area contributed by atoms with Crippen LogP contribution in [0.3, 0.4) is 0 Å². The molecule has 5 heteroatoms. The van der Waals surface area contributed by atoms with Crippen LogP contribution in [0.15, 0.2) is 30.3 Å². The molecule has 1 rings (SSSR count). The maximum Gasteiger partial charge on any atom is 0.305 e. The lowest BCUT2D eigenvalue weighted by Gasteiger charge is -2.15. The van der Waals surface area contributed by atoms with Gasteiger partial charge in [-0.2, -0.15) is 0 Å². The van der Waals surface area contributed by atoms with E-state index in [0.717, 1.165) is 5.56 Å². The summed E-state index contributed by atoms with van der Waals surface area (Å²) in [5.74, 6) is -1.35. The molecular weight excluding hydrogens is 232 g/mol. The Morgan fingerprint density at radius 3 is 2.50 bits per heavy atom. The number of carboxylic acids is 1. The van der Waals surface area contributed by atoms with Crippen molar-refractivity contribution in [1.29, 1.82) is 0 Å². The molecule has 0 aliphatic heterocycles. The van der Waals surface area contributed by atoms with Crippen molar-refractivity contribution in [2.75, 3.05) is 6.54 Å². The molecule has 2 atom stereocenters. The molecule has 0 heterocycles. The fourth-order valence-electron chi connectivity index (χ4n) is 1.57. The third kappa shape index (κ3) is 4.55. The first-order valence-corrected chi connectivity index (χ1v) is 5.80. The van der Waals surface area contributed by atoms with Crippen molar-refractivity contribution in [3.8, 4) is 0 Å². The van der Waals surface area contributed by atoms with Gasteiger partial charge in [0.1, 0.15) is 0 Å². The fraction of sp³-hybridized carbons (Fsp3) is 0.385. The van der Waals surface area contributed by atoms with Gasteiger partial charge in [-0.3, -0.25) is 9.59 Å². The van der Waals surface area contributed by atoms with E-state index in [1.807, 2.05) is 37.3 Å². The van der Waals surface area contributed by atoms with Crippen LogP contribution in [0.1, 0.15) is 24.8 Å². The van der Waals surface area contributed by atoms with E-state index in [9.17, 15) is 9.59 Å². The first-order chi connectivity index (χ1) is 8.50. The largest absolute Gasteiger partial charge is 0.481 e. The molecule has 1 amide bonds. The Kier molecular flexibility index (Phi) is 5.32. The molecule has 0 aliphatic carbocycles. The molecule has 18 heavy (non-hydrogen) atoms. The maximum absolute atomic E-state index is 11.5. The highest BCUT2D eigenvalue weighted by Gasteiger charge is 2.17. The molecular formula is C13H18N2O3. The molecule has 0 saturated heterocycles. The van der Waals surface area contributed by atoms with Gasteiger partial charge in [-0.1, -0.05) is 37.3 Å². The van der Waals surface area contributed by atoms with Crippen molar-refractivity contribution in [2.24, 2.45) is 5.73 Å². The smallest absolute Gasteiger partial charge is 0.305 e.